The predicted octanol–water partition coefficient (Wildman–Crippen LogP) is 31.8. The Hall–Kier alpha value is -8.17. The molecule has 3 saturated heterocycles. The number of nitrogens with zero attached hydrogens (tertiary/aromatic N) is 3. The van der Waals surface area contributed by atoms with Crippen LogP contribution in [0.3, 0.4) is 0 Å². The number of aryl methyl sites for hydroxylation is 3. The summed E-state index contributed by atoms with van der Waals surface area (Å²) in [5.41, 5.74) is 9.08. The third-order valence-electron chi connectivity index (χ3n) is 20.2. The van der Waals surface area contributed by atoms with Gasteiger partial charge >= 0.3 is 12.4 Å². The van der Waals surface area contributed by atoms with E-state index in [2.05, 4.69) is 201 Å². The van der Waals surface area contributed by atoms with Crippen molar-refractivity contribution in [3.63, 3.8) is 0 Å². The molecule has 3 aliphatic rings. The number of morpholine rings is 2. The van der Waals surface area contributed by atoms with Crippen LogP contribution in [-0.2, 0) is 41.1 Å². The number of alkyl halides is 6. The molecule has 6 aromatic carbocycles. The fourth-order valence-electron chi connectivity index (χ4n) is 12.3. The van der Waals surface area contributed by atoms with Crippen LogP contribution in [0.25, 0.3) is 0 Å². The summed E-state index contributed by atoms with van der Waals surface area (Å²) in [6, 6.07) is 45.5. The largest absolute Gasteiger partial charge is 0.472 e. The zero-order chi connectivity index (χ0) is 90.7. The van der Waals surface area contributed by atoms with Crippen molar-refractivity contribution in [3.8, 4) is 0 Å². The molecule has 20 heteroatoms. The normalized spacial score (nSPS) is 13.3. The number of anilines is 3. The monoisotopic (exact) mass is 1740 g/mol. The summed E-state index contributed by atoms with van der Waals surface area (Å²) in [6.45, 7) is 50.7. The molecule has 0 spiro atoms. The van der Waals surface area contributed by atoms with E-state index in [1.165, 1.54) is 122 Å². The van der Waals surface area contributed by atoms with Gasteiger partial charge in [-0.2, -0.15) is 37.7 Å². The molecular weight excluding hydrogens is 1600 g/mol. The zero-order valence-electron chi connectivity index (χ0n) is 75.9. The third-order valence-corrected chi connectivity index (χ3v) is 22.1. The van der Waals surface area contributed by atoms with Gasteiger partial charge in [-0.25, -0.2) is 22.0 Å². The van der Waals surface area contributed by atoms with Crippen molar-refractivity contribution in [2.24, 2.45) is 17.8 Å². The van der Waals surface area contributed by atoms with Crippen molar-refractivity contribution in [2.75, 3.05) is 80.4 Å². The lowest BCUT2D eigenvalue weighted by Crippen LogP contribution is -2.36. The maximum Gasteiger partial charge on any atom is 0.416 e. The minimum Gasteiger partial charge on any atom is -0.472 e. The summed E-state index contributed by atoms with van der Waals surface area (Å²) in [4.78, 5) is 8.43. The summed E-state index contributed by atoms with van der Waals surface area (Å²) in [7, 11) is 0. The molecule has 0 radical (unpaired) electrons. The molecule has 3 fully saturated rings. The molecule has 0 unspecified atom stereocenters. The highest BCUT2D eigenvalue weighted by Gasteiger charge is 2.37. The number of rotatable bonds is 19. The van der Waals surface area contributed by atoms with E-state index in [1.807, 2.05) is 63.3 Å². The molecule has 0 atom stereocenters. The van der Waals surface area contributed by atoms with Gasteiger partial charge in [0.05, 0.1) is 62.0 Å². The molecule has 3 aliphatic heterocycles. The summed E-state index contributed by atoms with van der Waals surface area (Å²) < 4.78 is 159. The highest BCUT2D eigenvalue weighted by Crippen LogP contribution is 2.38. The highest BCUT2D eigenvalue weighted by molar-refractivity contribution is 7.10. The Labute approximate surface area is 731 Å². The quantitative estimate of drug-likeness (QED) is 0.0748. The number of thiophene rings is 2. The van der Waals surface area contributed by atoms with E-state index in [0.717, 1.165) is 105 Å². The summed E-state index contributed by atoms with van der Waals surface area (Å²) >= 11 is 3.60. The highest BCUT2D eigenvalue weighted by atomic mass is 32.1. The van der Waals surface area contributed by atoms with E-state index in [1.54, 1.807) is 42.3 Å². The van der Waals surface area contributed by atoms with Crippen molar-refractivity contribution >= 4 is 39.7 Å². The third kappa shape index (κ3) is 42.0. The lowest BCUT2D eigenvalue weighted by atomic mass is 9.97. The van der Waals surface area contributed by atoms with Gasteiger partial charge in [0.2, 0.25) is 0 Å². The molecule has 0 N–H and O–H groups in total. The predicted molar refractivity (Wildman–Crippen MR) is 490 cm³/mol. The summed E-state index contributed by atoms with van der Waals surface area (Å²) in [5.74, 6) is 3.13. The minimum atomic E-state index is -4.77. The average Bonchev–Trinajstić information content (AvgIpc) is 1.14. The van der Waals surface area contributed by atoms with Crippen molar-refractivity contribution in [2.45, 2.75) is 244 Å². The Bertz CT molecular complexity index is 4140. The number of hydrogen-bond donors (Lipinski definition) is 0. The number of benzene rings is 6. The number of furan rings is 2. The number of ether oxygens (including phenoxy) is 2. The summed E-state index contributed by atoms with van der Waals surface area (Å²) in [5, 5.41) is 6.44. The van der Waals surface area contributed by atoms with Crippen LogP contribution in [0.15, 0.2) is 201 Å². The Morgan fingerprint density at radius 3 is 1.21 bits per heavy atom. The second kappa shape index (κ2) is 55.9. The average molecular weight is 1740 g/mol. The van der Waals surface area contributed by atoms with E-state index in [4.69, 9.17) is 18.3 Å². The van der Waals surface area contributed by atoms with Gasteiger partial charge in [-0.15, -0.1) is 11.3 Å². The first-order valence-corrected chi connectivity index (χ1v) is 45.1. The molecule has 4 aromatic heterocycles. The number of halogens is 11. The fourth-order valence-corrected chi connectivity index (χ4v) is 13.8. The van der Waals surface area contributed by atoms with Crippen LogP contribution in [0.4, 0.5) is 65.4 Å². The molecule has 7 nitrogen and oxygen atoms in total. The molecule has 0 amide bonds. The van der Waals surface area contributed by atoms with Crippen LogP contribution < -0.4 is 14.7 Å². The molecule has 674 valence electrons. The first-order chi connectivity index (χ1) is 57.6. The second-order valence-electron chi connectivity index (χ2n) is 34.2. The van der Waals surface area contributed by atoms with E-state index in [-0.39, 0.29) is 29.3 Å². The molecule has 122 heavy (non-hydrogen) atoms. The van der Waals surface area contributed by atoms with Gasteiger partial charge in [0.15, 0.2) is 11.6 Å². The van der Waals surface area contributed by atoms with E-state index < -0.39 is 52.7 Å². The molecule has 0 bridgehead atoms. The van der Waals surface area contributed by atoms with Crippen LogP contribution in [-0.4, -0.2) is 65.7 Å². The van der Waals surface area contributed by atoms with Crippen molar-refractivity contribution < 1.29 is 66.6 Å². The van der Waals surface area contributed by atoms with Gasteiger partial charge in [0.1, 0.15) is 23.2 Å². The van der Waals surface area contributed by atoms with Crippen LogP contribution in [0.1, 0.15) is 278 Å². The molecule has 10 aromatic rings. The fraction of sp³-hybridized carbons (Fsp3) is 0.490. The van der Waals surface area contributed by atoms with Crippen LogP contribution in [0.5, 0.6) is 0 Å². The topological polar surface area (TPSA) is 54.5 Å². The molecule has 0 aliphatic carbocycles. The van der Waals surface area contributed by atoms with Crippen LogP contribution in [0, 0.1) is 46.8 Å². The van der Waals surface area contributed by atoms with Gasteiger partial charge in [0.25, 0.3) is 0 Å². The van der Waals surface area contributed by atoms with Crippen molar-refractivity contribution in [1.82, 2.24) is 0 Å². The minimum absolute atomic E-state index is 0.0205. The van der Waals surface area contributed by atoms with Gasteiger partial charge in [-0.1, -0.05) is 187 Å². The maximum atomic E-state index is 14.1. The van der Waals surface area contributed by atoms with Gasteiger partial charge in [0, 0.05) is 67.5 Å². The Morgan fingerprint density at radius 2 is 0.861 bits per heavy atom. The van der Waals surface area contributed by atoms with E-state index in [0.29, 0.717) is 54.1 Å². The lowest BCUT2D eigenvalue weighted by molar-refractivity contribution is -0.143. The summed E-state index contributed by atoms with van der Waals surface area (Å²) in [6.07, 6.45) is 5.41. The Morgan fingerprint density at radius 1 is 0.369 bits per heavy atom. The standard InChI is InChI=1S/C15H22FNO.C15H23NO.C15H23N.C11H10F6.2C9H10F2.2C7H10O.2C7H10S/c1-12(2)3-4-13-5-6-15(14(16)11-13)17-7-9-18-10-8-17;1-13(2)3-4-14-5-7-15(8-6-14)16-9-11-17-12-10-16;1-13(2)5-6-14-7-9-15(10-8-14)16-11-3-4-12-16;1-6(2)7-3-8(10(12,13)14)5-9(4-7)11(15,16)17;1-6(2)8-4-3-7(10)5-9(8)11;1-6(2)7-3-4-8(10)9(11)5-7;1-6(2)7-3-4-8-5-7;1-6(2)7-4-3-5-8-7;1-6(2)7-3-4-8-5-7;1-6(2)7-4-3-5-8-7/h5-6,11-12H,3-4,7-10H2,1-2H3;5-8,13H,3-4,9-12H2,1-2H3;7-10,13H,3-6,11-12H2,1-2H3;3-6H,1-2H3;2*3-6H,1-2H3;4*3-6H,1-2H3. The first-order valence-electron chi connectivity index (χ1n) is 43.3. The molecule has 0 saturated carbocycles. The van der Waals surface area contributed by atoms with Gasteiger partial charge in [-0.3, -0.25) is 0 Å². The maximum absolute atomic E-state index is 14.1. The van der Waals surface area contributed by atoms with Crippen LogP contribution in [0.2, 0.25) is 0 Å². The first kappa shape index (κ1) is 106. The molecule has 13 rings (SSSR count). The SMILES string of the molecule is CC(C)CCc1ccc(N2CCCC2)cc1.CC(C)CCc1ccc(N2CCOCC2)c(F)c1.CC(C)CCc1ccc(N2CCOCC2)cc1.CC(C)c1cc(C(F)(F)F)cc(C(F)(F)F)c1.CC(C)c1ccc(F)c(F)c1.CC(C)c1ccc(F)cc1F.CC(C)c1ccco1.CC(C)c1cccs1.CC(C)c1ccoc1.CC(C)c1ccsc1. The zero-order valence-corrected chi connectivity index (χ0v) is 77.6. The van der Waals surface area contributed by atoms with Crippen LogP contribution >= 0.6 is 22.7 Å². The van der Waals surface area contributed by atoms with Gasteiger partial charge in [-0.05, 0) is 268 Å². The molecule has 7 heterocycles. The Kier molecular flexibility index (Phi) is 48.7. The smallest absolute Gasteiger partial charge is 0.416 e. The Balaban J connectivity index is 0.000000289. The van der Waals surface area contributed by atoms with Crippen molar-refractivity contribution in [3.05, 3.63) is 288 Å². The molecular formula is C102H138F11N3O4S2. The van der Waals surface area contributed by atoms with E-state index in [9.17, 15) is 48.3 Å². The lowest BCUT2D eigenvalue weighted by Gasteiger charge is -2.29. The second-order valence-corrected chi connectivity index (χ2v) is 36.0. The van der Waals surface area contributed by atoms with E-state index >= 15 is 0 Å². The van der Waals surface area contributed by atoms with Crippen molar-refractivity contribution in [1.29, 1.82) is 0 Å². The van der Waals surface area contributed by atoms with Gasteiger partial charge < -0.3 is 33.0 Å². The number of hydrogen-bond acceptors (Lipinski definition) is 9.